The van der Waals surface area contributed by atoms with Gasteiger partial charge in [-0.2, -0.15) is 35.9 Å². The van der Waals surface area contributed by atoms with E-state index in [-0.39, 0.29) is 70.0 Å². The van der Waals surface area contributed by atoms with Crippen LogP contribution in [0, 0.1) is 76.4 Å². The van der Waals surface area contributed by atoms with Gasteiger partial charge in [0.25, 0.3) is 17.7 Å². The monoisotopic (exact) mass is 1940 g/mol. The smallest absolute Gasteiger partial charge is 0.338 e. The molecule has 2 aliphatic rings. The maximum Gasteiger partial charge on any atom is 0.338 e. The quantitative estimate of drug-likeness (QED) is 0.0320. The second kappa shape index (κ2) is 43.9. The van der Waals surface area contributed by atoms with Gasteiger partial charge in [-0.3, -0.25) is 44.6 Å². The maximum absolute atomic E-state index is 14.4. The molecule has 35 heteroatoms. The Kier molecular flexibility index (Phi) is 30.4. The lowest BCUT2D eigenvalue weighted by molar-refractivity contribution is 0.0691. The van der Waals surface area contributed by atoms with E-state index in [1.165, 1.54) is 122 Å². The van der Waals surface area contributed by atoms with Crippen molar-refractivity contribution in [3.63, 3.8) is 0 Å². The number of carbonyl (C=O) groups excluding carboxylic acids is 3. The summed E-state index contributed by atoms with van der Waals surface area (Å²) in [5.74, 6) is -6.31. The molecule has 2 fully saturated rings. The number of aromatic nitrogens is 12. The molecule has 8 heterocycles. The van der Waals surface area contributed by atoms with E-state index in [9.17, 15) is 63.1 Å². The van der Waals surface area contributed by atoms with Gasteiger partial charge < -0.3 is 34.9 Å². The van der Waals surface area contributed by atoms with Crippen molar-refractivity contribution in [1.82, 2.24) is 76.7 Å². The number of hydrogen-bond acceptors (Lipinski definition) is 14. The highest BCUT2D eigenvalue weighted by atomic mass is 79.9. The second-order valence-corrected chi connectivity index (χ2v) is 32.1. The van der Waals surface area contributed by atoms with Crippen LogP contribution in [0.5, 0.6) is 5.75 Å². The molecule has 1 saturated carbocycles. The van der Waals surface area contributed by atoms with Gasteiger partial charge in [-0.15, -0.1) is 0 Å². The number of aryl methyl sites for hydroxylation is 2. The molecule has 696 valence electrons. The lowest BCUT2D eigenvalue weighted by Crippen LogP contribution is -2.32. The van der Waals surface area contributed by atoms with Crippen LogP contribution >= 0.6 is 15.9 Å². The maximum atomic E-state index is 14.4. The van der Waals surface area contributed by atoms with Gasteiger partial charge >= 0.3 is 5.97 Å². The van der Waals surface area contributed by atoms with Gasteiger partial charge in [0.15, 0.2) is 0 Å². The molecule has 1 aliphatic heterocycles. The predicted molar refractivity (Wildman–Crippen MR) is 510 cm³/mol. The Bertz CT molecular complexity index is 7790. The average Bonchev–Trinajstić information content (AvgIpc) is 1.63. The Morgan fingerprint density at radius 1 is 0.478 bits per heavy atom. The van der Waals surface area contributed by atoms with Crippen LogP contribution in [0.2, 0.25) is 0 Å². The summed E-state index contributed by atoms with van der Waals surface area (Å²) in [5, 5.41) is 68.3. The van der Waals surface area contributed by atoms with Gasteiger partial charge in [0.2, 0.25) is 0 Å². The summed E-state index contributed by atoms with van der Waals surface area (Å²) >= 11 is 3.43. The third kappa shape index (κ3) is 24.0. The largest absolute Gasteiger partial charge is 0.496 e. The molecule has 0 radical (unpaired) electrons. The minimum absolute atomic E-state index is 0.00112. The van der Waals surface area contributed by atoms with Crippen LogP contribution in [-0.4, -0.2) is 122 Å². The number of amides is 3. The summed E-state index contributed by atoms with van der Waals surface area (Å²) in [7, 11) is 3.60. The molecule has 0 spiro atoms. The zero-order valence-electron chi connectivity index (χ0n) is 73.1. The van der Waals surface area contributed by atoms with E-state index in [1.807, 2.05) is 30.8 Å². The first-order chi connectivity index (χ1) is 66.6. The second-order valence-electron chi connectivity index (χ2n) is 31.4. The number of carboxylic acids is 1. The number of aromatic carboxylic acids is 1. The SMILES string of the molecule is COc1c(C)ccc2c1c(Br)nn2C.N#Cc1cc2c(/C=C/c3cccc(F)c3)n[nH]c2cc1F.O=C(NC1CC1)c1cc2c(/C=C/c3cccc(F)c3)n[nH]c2cc1F.O=C(NCC1CCCO1)c1cc2c(/C=C/c3cccc(F)c3)n[nH]c2cc1F.O=C(NCc1ccco1)c1cc2c(/C=C/c3cccc(F)c3)n[nH]c2cc1F.O=C(O)c1cc2c(/C=C/c3cccc(F)c3)n[nH]c2cc1F. The van der Waals surface area contributed by atoms with Gasteiger partial charge in [0, 0.05) is 83.5 Å². The number of nitrogens with zero attached hydrogens (tertiary/aromatic N) is 8. The van der Waals surface area contributed by atoms with Crippen molar-refractivity contribution < 1.29 is 82.1 Å². The van der Waals surface area contributed by atoms with Gasteiger partial charge in [-0.05, 0) is 221 Å². The fourth-order valence-corrected chi connectivity index (χ4v) is 15.2. The lowest BCUT2D eigenvalue weighted by Gasteiger charge is -2.11. The number of carboxylic acid groups (broad SMARTS) is 1. The Morgan fingerprint density at radius 2 is 0.855 bits per heavy atom. The van der Waals surface area contributed by atoms with Crippen molar-refractivity contribution in [3.05, 3.63) is 371 Å². The Labute approximate surface area is 786 Å². The zero-order valence-corrected chi connectivity index (χ0v) is 74.7. The molecular formula is C103H79BrF10N16O8. The topological polar surface area (TPSA) is 341 Å². The van der Waals surface area contributed by atoms with Crippen LogP contribution in [0.15, 0.2) is 222 Å². The van der Waals surface area contributed by atoms with Gasteiger partial charge in [0.05, 0.1) is 121 Å². The van der Waals surface area contributed by atoms with Crippen molar-refractivity contribution in [2.75, 3.05) is 20.3 Å². The molecule has 11 aromatic carbocycles. The predicted octanol–water partition coefficient (Wildman–Crippen LogP) is 22.6. The molecule has 9 N–H and O–H groups in total. The summed E-state index contributed by atoms with van der Waals surface area (Å²) < 4.78 is 155. The van der Waals surface area contributed by atoms with E-state index in [0.717, 1.165) is 58.6 Å². The molecule has 24 nitrogen and oxygen atoms in total. The molecule has 3 amide bonds. The number of nitrogens with one attached hydrogen (secondary N) is 8. The molecule has 1 saturated heterocycles. The number of nitriles is 1. The number of hydrogen-bond donors (Lipinski definition) is 9. The highest BCUT2D eigenvalue weighted by Crippen LogP contribution is 2.36. The van der Waals surface area contributed by atoms with Crippen LogP contribution in [0.4, 0.5) is 43.9 Å². The molecule has 138 heavy (non-hydrogen) atoms. The summed E-state index contributed by atoms with van der Waals surface area (Å²) in [6, 6.07) is 53.1. The first-order valence-electron chi connectivity index (χ1n) is 42.5. The van der Waals surface area contributed by atoms with Crippen LogP contribution < -0.4 is 20.7 Å². The van der Waals surface area contributed by atoms with Crippen molar-refractivity contribution >= 4 is 166 Å². The van der Waals surface area contributed by atoms with Crippen molar-refractivity contribution in [2.45, 2.75) is 51.3 Å². The van der Waals surface area contributed by atoms with Crippen LogP contribution in [0.3, 0.4) is 0 Å². The van der Waals surface area contributed by atoms with E-state index in [1.54, 1.807) is 147 Å². The fraction of sp³-hybridized carbons (Fsp3) is 0.117. The number of methoxy groups -OCH3 is 1. The van der Waals surface area contributed by atoms with Gasteiger partial charge in [-0.1, -0.05) is 97.1 Å². The molecule has 1 atom stereocenters. The lowest BCUT2D eigenvalue weighted by atomic mass is 10.1. The van der Waals surface area contributed by atoms with E-state index in [0.29, 0.717) is 130 Å². The van der Waals surface area contributed by atoms with Crippen molar-refractivity contribution in [1.29, 1.82) is 5.26 Å². The molecule has 20 rings (SSSR count). The number of ether oxygens (including phenoxy) is 2. The van der Waals surface area contributed by atoms with Crippen molar-refractivity contribution in [3.8, 4) is 11.8 Å². The van der Waals surface area contributed by atoms with E-state index in [2.05, 4.69) is 88.0 Å². The number of rotatable bonds is 20. The Morgan fingerprint density at radius 3 is 1.21 bits per heavy atom. The Balaban J connectivity index is 0.000000127. The number of fused-ring (bicyclic) bond motifs is 6. The number of benzene rings is 11. The number of halogens is 11. The standard InChI is InChI=1S/C21H19F2N3O2.C21H15F2N3O2.C19H15F2N3O.C16H9F2N3.C16H10F2N2O2.C10H11BrN2O/c2*22-14-4-1-3-13(9-14)6-7-19-17-10-16(18(23)11-20(17)26-25-19)21(27)24-12-15-5-2-8-28-15;20-12-3-1-2-11(8-12)4-7-17-15-9-14(19(25)22-13-5-6-13)16(21)10-18(15)24-23-17;17-12-3-1-2-10(6-12)4-5-15-13-7-11(9-19)14(18)8-16(13)21-20-15;17-10-3-1-2-9(6-10)4-5-14-12-7-11(16(21)22)13(18)8-15(12)20-19-14;1-6-4-5-7-8(9(6)14-3)10(11)12-13(7)2/h1,3-4,6-7,9-11,15H,2,5,8,12H2,(H,24,27)(H,25,26);1-11H,12H2,(H,24,27)(H,25,26);1-4,7-10,13H,5-6H2,(H,22,25)(H,23,24);1-8H,(H,20,21);1-8H,(H,19,20)(H,21,22);4-5H,1-3H3/b2*7-6+;7-4+;2*5-4+;. The van der Waals surface area contributed by atoms with E-state index < -0.39 is 58.3 Å². The van der Waals surface area contributed by atoms with Gasteiger partial charge in [-0.25, -0.2) is 48.7 Å². The summed E-state index contributed by atoms with van der Waals surface area (Å²) in [4.78, 5) is 47.9. The molecular weight excluding hydrogens is 1860 g/mol. The minimum Gasteiger partial charge on any atom is -0.496 e. The highest BCUT2D eigenvalue weighted by molar-refractivity contribution is 9.10. The number of furan rings is 1. The third-order valence-electron chi connectivity index (χ3n) is 21.7. The third-order valence-corrected chi connectivity index (χ3v) is 22.2. The average molecular weight is 1940 g/mol. The minimum atomic E-state index is -1.35. The highest BCUT2D eigenvalue weighted by Gasteiger charge is 2.27. The normalized spacial score (nSPS) is 12.9. The molecule has 0 bridgehead atoms. The molecule has 1 aliphatic carbocycles. The first kappa shape index (κ1) is 95.7. The van der Waals surface area contributed by atoms with Gasteiger partial charge in [0.1, 0.15) is 80.4 Å². The van der Waals surface area contributed by atoms with Crippen molar-refractivity contribution in [2.24, 2.45) is 7.05 Å². The molecule has 7 aromatic heterocycles. The first-order valence-corrected chi connectivity index (χ1v) is 43.3. The Hall–Kier alpha value is -16.9. The van der Waals surface area contributed by atoms with Crippen LogP contribution in [0.1, 0.15) is 140 Å². The summed E-state index contributed by atoms with van der Waals surface area (Å²) in [5.41, 5.74) is 9.87. The molecule has 1 unspecified atom stereocenters. The fourth-order valence-electron chi connectivity index (χ4n) is 14.5. The molecule has 18 aromatic rings. The van der Waals surface area contributed by atoms with E-state index in [4.69, 9.17) is 24.3 Å². The van der Waals surface area contributed by atoms with Crippen LogP contribution in [0.25, 0.3) is 126 Å². The van der Waals surface area contributed by atoms with Crippen LogP contribution in [-0.2, 0) is 18.3 Å². The summed E-state index contributed by atoms with van der Waals surface area (Å²) in [6.45, 7) is 3.23. The zero-order chi connectivity index (χ0) is 97.2. The number of aromatic amines is 5. The number of H-pyrrole nitrogens is 5. The van der Waals surface area contributed by atoms with E-state index >= 15 is 0 Å². The number of carbonyl (C=O) groups is 4. The summed E-state index contributed by atoms with van der Waals surface area (Å²) in [6.07, 6.45) is 22.0.